The van der Waals surface area contributed by atoms with Crippen LogP contribution in [0.15, 0.2) is 12.7 Å². The molecular formula is C12H19NO2. The Morgan fingerprint density at radius 1 is 1.67 bits per heavy atom. The molecule has 3 nitrogen and oxygen atoms in total. The summed E-state index contributed by atoms with van der Waals surface area (Å²) in [6, 6.07) is 0.106. The molecule has 0 bridgehead atoms. The highest BCUT2D eigenvalue weighted by molar-refractivity contribution is 5.97. The fourth-order valence-electron chi connectivity index (χ4n) is 2.01. The van der Waals surface area contributed by atoms with Gasteiger partial charge in [0, 0.05) is 18.9 Å². The summed E-state index contributed by atoms with van der Waals surface area (Å²) in [5, 5.41) is 0. The molecule has 0 spiro atoms. The normalized spacial score (nSPS) is 21.1. The van der Waals surface area contributed by atoms with E-state index in [0.717, 1.165) is 6.42 Å². The first kappa shape index (κ1) is 12.0. The molecule has 1 fully saturated rings. The Kier molecular flexibility index (Phi) is 4.06. The van der Waals surface area contributed by atoms with Crippen LogP contribution in [0.3, 0.4) is 0 Å². The molecule has 1 atom stereocenters. The van der Waals surface area contributed by atoms with E-state index in [4.69, 9.17) is 0 Å². The fourth-order valence-corrected chi connectivity index (χ4v) is 2.01. The van der Waals surface area contributed by atoms with Crippen LogP contribution in [0, 0.1) is 5.92 Å². The number of amides is 2. The molecule has 0 aliphatic carbocycles. The van der Waals surface area contributed by atoms with Crippen LogP contribution >= 0.6 is 0 Å². The number of allylic oxidation sites excluding steroid dienone is 1. The Labute approximate surface area is 91.1 Å². The van der Waals surface area contributed by atoms with Crippen LogP contribution in [-0.2, 0) is 9.59 Å². The predicted octanol–water partition coefficient (Wildman–Crippen LogP) is 2.13. The van der Waals surface area contributed by atoms with Crippen LogP contribution in [0.5, 0.6) is 0 Å². The van der Waals surface area contributed by atoms with Crippen LogP contribution in [0.4, 0.5) is 0 Å². The molecule has 15 heavy (non-hydrogen) atoms. The van der Waals surface area contributed by atoms with E-state index in [0.29, 0.717) is 25.2 Å². The van der Waals surface area contributed by atoms with E-state index < -0.39 is 0 Å². The maximum atomic E-state index is 11.8. The Morgan fingerprint density at radius 2 is 2.33 bits per heavy atom. The van der Waals surface area contributed by atoms with Crippen LogP contribution < -0.4 is 0 Å². The van der Waals surface area contributed by atoms with Gasteiger partial charge in [0.25, 0.3) is 0 Å². The third kappa shape index (κ3) is 2.67. The van der Waals surface area contributed by atoms with Crippen molar-refractivity contribution in [2.45, 2.75) is 45.6 Å². The van der Waals surface area contributed by atoms with E-state index in [1.807, 2.05) is 0 Å². The first-order valence-electron chi connectivity index (χ1n) is 5.53. The second-order valence-corrected chi connectivity index (χ2v) is 4.33. The van der Waals surface area contributed by atoms with Gasteiger partial charge in [-0.3, -0.25) is 14.5 Å². The van der Waals surface area contributed by atoms with Crippen LogP contribution in [0.2, 0.25) is 0 Å². The van der Waals surface area contributed by atoms with Crippen LogP contribution in [0.25, 0.3) is 0 Å². The lowest BCUT2D eigenvalue weighted by Crippen LogP contribution is -2.41. The van der Waals surface area contributed by atoms with Crippen molar-refractivity contribution in [1.29, 1.82) is 0 Å². The van der Waals surface area contributed by atoms with Crippen LogP contribution in [0.1, 0.15) is 39.5 Å². The zero-order valence-corrected chi connectivity index (χ0v) is 9.53. The predicted molar refractivity (Wildman–Crippen MR) is 59.1 cm³/mol. The standard InChI is InChI=1S/C12H19NO2/c1-4-5-6-11(14)13-10(9(2)3)7-8-12(13)15/h4,9-10H,1,5-8H2,2-3H3/t10-/m1/s1. The van der Waals surface area contributed by atoms with Gasteiger partial charge < -0.3 is 0 Å². The minimum atomic E-state index is -0.0453. The molecule has 1 saturated heterocycles. The van der Waals surface area contributed by atoms with Gasteiger partial charge >= 0.3 is 0 Å². The fraction of sp³-hybridized carbons (Fsp3) is 0.667. The maximum absolute atomic E-state index is 11.8. The number of hydrogen-bond donors (Lipinski definition) is 0. The molecule has 0 aromatic rings. The minimum Gasteiger partial charge on any atom is -0.279 e. The van der Waals surface area contributed by atoms with Crippen molar-refractivity contribution in [3.8, 4) is 0 Å². The summed E-state index contributed by atoms with van der Waals surface area (Å²) in [6.45, 7) is 7.68. The Bertz CT molecular complexity index is 271. The Hall–Kier alpha value is -1.12. The van der Waals surface area contributed by atoms with Gasteiger partial charge in [-0.15, -0.1) is 6.58 Å². The summed E-state index contributed by atoms with van der Waals surface area (Å²) in [6.07, 6.45) is 4.09. The monoisotopic (exact) mass is 209 g/mol. The highest BCUT2D eigenvalue weighted by Crippen LogP contribution is 2.25. The molecule has 1 rings (SSSR count). The molecule has 0 N–H and O–H groups in total. The molecule has 3 heteroatoms. The van der Waals surface area contributed by atoms with Crippen molar-refractivity contribution >= 4 is 11.8 Å². The largest absolute Gasteiger partial charge is 0.279 e. The van der Waals surface area contributed by atoms with Gasteiger partial charge in [0.2, 0.25) is 11.8 Å². The number of likely N-dealkylation sites (tertiary alicyclic amines) is 1. The number of imide groups is 1. The van der Waals surface area contributed by atoms with E-state index in [-0.39, 0.29) is 17.9 Å². The molecule has 0 saturated carbocycles. The number of hydrogen-bond acceptors (Lipinski definition) is 2. The van der Waals surface area contributed by atoms with Crippen LogP contribution in [-0.4, -0.2) is 22.8 Å². The molecule has 1 heterocycles. The lowest BCUT2D eigenvalue weighted by Gasteiger charge is -2.25. The van der Waals surface area contributed by atoms with Gasteiger partial charge in [-0.25, -0.2) is 0 Å². The van der Waals surface area contributed by atoms with Crippen molar-refractivity contribution in [2.24, 2.45) is 5.92 Å². The topological polar surface area (TPSA) is 37.4 Å². The highest BCUT2D eigenvalue weighted by atomic mass is 16.2. The number of carbonyl (C=O) groups is 2. The van der Waals surface area contributed by atoms with E-state index in [2.05, 4.69) is 20.4 Å². The molecule has 0 radical (unpaired) electrons. The summed E-state index contributed by atoms with van der Waals surface area (Å²) >= 11 is 0. The maximum Gasteiger partial charge on any atom is 0.229 e. The van der Waals surface area contributed by atoms with Crippen molar-refractivity contribution in [3.05, 3.63) is 12.7 Å². The average molecular weight is 209 g/mol. The smallest absolute Gasteiger partial charge is 0.229 e. The molecule has 2 amide bonds. The zero-order valence-electron chi connectivity index (χ0n) is 9.53. The molecule has 0 aromatic carbocycles. The zero-order chi connectivity index (χ0) is 11.4. The first-order valence-corrected chi connectivity index (χ1v) is 5.53. The molecule has 0 unspecified atom stereocenters. The lowest BCUT2D eigenvalue weighted by molar-refractivity contribution is -0.144. The summed E-state index contributed by atoms with van der Waals surface area (Å²) in [5.41, 5.74) is 0. The van der Waals surface area contributed by atoms with Gasteiger partial charge in [0.05, 0.1) is 0 Å². The summed E-state index contributed by atoms with van der Waals surface area (Å²) in [5.74, 6) is 0.294. The quantitative estimate of drug-likeness (QED) is 0.665. The lowest BCUT2D eigenvalue weighted by atomic mass is 10.0. The Balaban J connectivity index is 2.67. The van der Waals surface area contributed by atoms with Gasteiger partial charge in [0.1, 0.15) is 0 Å². The summed E-state index contributed by atoms with van der Waals surface area (Å²) in [7, 11) is 0. The second kappa shape index (κ2) is 5.10. The number of carbonyl (C=O) groups excluding carboxylic acids is 2. The third-order valence-electron chi connectivity index (χ3n) is 2.85. The SMILES string of the molecule is C=CCCC(=O)N1C(=O)CC[C@@H]1C(C)C. The molecule has 1 aliphatic rings. The molecule has 84 valence electrons. The van der Waals surface area contributed by atoms with Crippen molar-refractivity contribution in [1.82, 2.24) is 4.90 Å². The van der Waals surface area contributed by atoms with E-state index in [1.54, 1.807) is 6.08 Å². The number of rotatable bonds is 4. The van der Waals surface area contributed by atoms with Crippen molar-refractivity contribution in [3.63, 3.8) is 0 Å². The van der Waals surface area contributed by atoms with Gasteiger partial charge in [-0.05, 0) is 18.8 Å². The van der Waals surface area contributed by atoms with Gasteiger partial charge in [-0.1, -0.05) is 19.9 Å². The summed E-state index contributed by atoms with van der Waals surface area (Å²) in [4.78, 5) is 24.8. The third-order valence-corrected chi connectivity index (χ3v) is 2.85. The molecule has 1 aliphatic heterocycles. The highest BCUT2D eigenvalue weighted by Gasteiger charge is 2.36. The first-order chi connectivity index (χ1) is 7.07. The molecular weight excluding hydrogens is 190 g/mol. The van der Waals surface area contributed by atoms with Crippen molar-refractivity contribution in [2.75, 3.05) is 0 Å². The van der Waals surface area contributed by atoms with Gasteiger partial charge in [0.15, 0.2) is 0 Å². The van der Waals surface area contributed by atoms with Crippen molar-refractivity contribution < 1.29 is 9.59 Å². The molecule has 0 aromatic heterocycles. The minimum absolute atomic E-state index is 0.0113. The number of nitrogens with zero attached hydrogens (tertiary/aromatic N) is 1. The Morgan fingerprint density at radius 3 is 2.87 bits per heavy atom. The second-order valence-electron chi connectivity index (χ2n) is 4.33. The summed E-state index contributed by atoms with van der Waals surface area (Å²) < 4.78 is 0. The van der Waals surface area contributed by atoms with E-state index in [9.17, 15) is 9.59 Å². The van der Waals surface area contributed by atoms with E-state index in [1.165, 1.54) is 4.90 Å². The van der Waals surface area contributed by atoms with Gasteiger partial charge in [-0.2, -0.15) is 0 Å². The average Bonchev–Trinajstić information content (AvgIpc) is 2.56. The van der Waals surface area contributed by atoms with E-state index >= 15 is 0 Å².